The number of nitrogens with zero attached hydrogens (tertiary/aromatic N) is 2. The average Bonchev–Trinajstić information content (AvgIpc) is 3.09. The number of thiazole rings is 1. The Balaban J connectivity index is 1.56. The van der Waals surface area contributed by atoms with Gasteiger partial charge in [-0.25, -0.2) is 9.78 Å². The third kappa shape index (κ3) is 4.10. The molecule has 134 valence electrons. The van der Waals surface area contributed by atoms with Crippen molar-refractivity contribution >= 4 is 61.2 Å². The highest BCUT2D eigenvalue weighted by atomic mass is 79.9. The summed E-state index contributed by atoms with van der Waals surface area (Å²) < 4.78 is 6.23. The van der Waals surface area contributed by atoms with Gasteiger partial charge in [0.05, 0.1) is 17.5 Å². The van der Waals surface area contributed by atoms with Gasteiger partial charge in [0.1, 0.15) is 5.58 Å². The first kappa shape index (κ1) is 17.9. The molecule has 0 saturated carbocycles. The summed E-state index contributed by atoms with van der Waals surface area (Å²) in [7, 11) is 0. The number of hydrogen-bond donors (Lipinski definition) is 1. The molecule has 0 fully saturated rings. The van der Waals surface area contributed by atoms with E-state index in [4.69, 9.17) is 16.0 Å². The Bertz CT molecular complexity index is 1200. The zero-order valence-electron chi connectivity index (χ0n) is 13.6. The first-order valence-corrected chi connectivity index (χ1v) is 9.87. The molecule has 4 aromatic rings. The van der Waals surface area contributed by atoms with E-state index in [1.165, 1.54) is 11.3 Å². The van der Waals surface area contributed by atoms with Crippen molar-refractivity contribution in [3.05, 3.63) is 79.4 Å². The maximum Gasteiger partial charge on any atom is 0.345 e. The van der Waals surface area contributed by atoms with Crippen molar-refractivity contribution in [1.29, 1.82) is 0 Å². The molecule has 0 aliphatic carbocycles. The van der Waals surface area contributed by atoms with E-state index in [1.807, 2.05) is 24.3 Å². The van der Waals surface area contributed by atoms with Crippen molar-refractivity contribution < 1.29 is 4.42 Å². The summed E-state index contributed by atoms with van der Waals surface area (Å²) in [5, 5.41) is 7.98. The number of rotatable bonds is 4. The second-order valence-corrected chi connectivity index (χ2v) is 7.81. The quantitative estimate of drug-likeness (QED) is 0.238. The standard InChI is InChI=1S/C19H11BrClN3O2S/c20-13-5-11(6-14(21)8-13)9-22-24-19-23-16(10-27-19)15-7-12-3-1-2-4-17(12)26-18(15)25/h1-10H,(H,23,24)/b22-9+. The predicted octanol–water partition coefficient (Wildman–Crippen LogP) is 5.78. The summed E-state index contributed by atoms with van der Waals surface area (Å²) in [6.07, 6.45) is 1.64. The first-order valence-electron chi connectivity index (χ1n) is 7.82. The van der Waals surface area contributed by atoms with Crippen LogP contribution in [0, 0.1) is 0 Å². The number of anilines is 1. The number of aromatic nitrogens is 1. The van der Waals surface area contributed by atoms with Crippen LogP contribution >= 0.6 is 38.9 Å². The van der Waals surface area contributed by atoms with Gasteiger partial charge in [0.2, 0.25) is 5.13 Å². The molecule has 0 saturated heterocycles. The smallest absolute Gasteiger partial charge is 0.345 e. The molecule has 0 bridgehead atoms. The predicted molar refractivity (Wildman–Crippen MR) is 114 cm³/mol. The van der Waals surface area contributed by atoms with Crippen molar-refractivity contribution in [2.45, 2.75) is 0 Å². The van der Waals surface area contributed by atoms with E-state index in [1.54, 1.807) is 35.9 Å². The molecular weight excluding hydrogens is 450 g/mol. The van der Waals surface area contributed by atoms with Gasteiger partial charge in [-0.05, 0) is 35.9 Å². The van der Waals surface area contributed by atoms with Crippen LogP contribution < -0.4 is 11.1 Å². The van der Waals surface area contributed by atoms with Gasteiger partial charge in [-0.2, -0.15) is 5.10 Å². The zero-order valence-corrected chi connectivity index (χ0v) is 16.8. The maximum absolute atomic E-state index is 12.2. The van der Waals surface area contributed by atoms with Gasteiger partial charge in [-0.1, -0.05) is 45.7 Å². The van der Waals surface area contributed by atoms with E-state index < -0.39 is 5.63 Å². The van der Waals surface area contributed by atoms with Gasteiger partial charge in [-0.3, -0.25) is 5.43 Å². The highest BCUT2D eigenvalue weighted by Gasteiger charge is 2.11. The number of benzene rings is 2. The fourth-order valence-electron chi connectivity index (χ4n) is 2.50. The van der Waals surface area contributed by atoms with Crippen LogP contribution in [0.25, 0.3) is 22.2 Å². The van der Waals surface area contributed by atoms with E-state index in [2.05, 4.69) is 31.4 Å². The second-order valence-electron chi connectivity index (χ2n) is 5.60. The molecule has 0 radical (unpaired) electrons. The van der Waals surface area contributed by atoms with E-state index in [0.717, 1.165) is 15.4 Å². The molecule has 4 rings (SSSR count). The van der Waals surface area contributed by atoms with Crippen molar-refractivity contribution in [3.63, 3.8) is 0 Å². The molecule has 0 spiro atoms. The van der Waals surface area contributed by atoms with Gasteiger partial charge in [0.15, 0.2) is 0 Å². The Hall–Kier alpha value is -2.48. The Morgan fingerprint density at radius 3 is 2.93 bits per heavy atom. The largest absolute Gasteiger partial charge is 0.422 e. The van der Waals surface area contributed by atoms with E-state index >= 15 is 0 Å². The normalized spacial score (nSPS) is 11.3. The van der Waals surface area contributed by atoms with Crippen LogP contribution in [0.4, 0.5) is 5.13 Å². The van der Waals surface area contributed by atoms with Crippen molar-refractivity contribution in [1.82, 2.24) is 4.98 Å². The number of fused-ring (bicyclic) bond motifs is 1. The lowest BCUT2D eigenvalue weighted by atomic mass is 10.1. The molecule has 0 unspecified atom stereocenters. The Kier molecular flexibility index (Phi) is 5.07. The van der Waals surface area contributed by atoms with Crippen LogP contribution in [0.2, 0.25) is 5.02 Å². The Morgan fingerprint density at radius 1 is 1.22 bits per heavy atom. The van der Waals surface area contributed by atoms with Gasteiger partial charge in [0.25, 0.3) is 0 Å². The maximum atomic E-state index is 12.2. The first-order chi connectivity index (χ1) is 13.1. The summed E-state index contributed by atoms with van der Waals surface area (Å²) in [6.45, 7) is 0. The van der Waals surface area contributed by atoms with Gasteiger partial charge >= 0.3 is 5.63 Å². The molecule has 0 aliphatic heterocycles. The van der Waals surface area contributed by atoms with Crippen LogP contribution in [0.15, 0.2) is 72.7 Å². The lowest BCUT2D eigenvalue weighted by Crippen LogP contribution is -2.02. The molecule has 0 amide bonds. The number of halogens is 2. The molecule has 0 aliphatic rings. The molecule has 27 heavy (non-hydrogen) atoms. The topological polar surface area (TPSA) is 67.5 Å². The molecule has 2 aromatic carbocycles. The van der Waals surface area contributed by atoms with Crippen LogP contribution in [0.5, 0.6) is 0 Å². The van der Waals surface area contributed by atoms with Crippen LogP contribution in [-0.2, 0) is 0 Å². The van der Waals surface area contributed by atoms with Crippen molar-refractivity contribution in [2.24, 2.45) is 5.10 Å². The monoisotopic (exact) mass is 459 g/mol. The van der Waals surface area contributed by atoms with Gasteiger partial charge in [-0.15, -0.1) is 11.3 Å². The lowest BCUT2D eigenvalue weighted by molar-refractivity contribution is 0.563. The fraction of sp³-hybridized carbons (Fsp3) is 0. The number of hydrazone groups is 1. The van der Waals surface area contributed by atoms with Crippen LogP contribution in [0.1, 0.15) is 5.56 Å². The van der Waals surface area contributed by atoms with E-state index in [9.17, 15) is 4.79 Å². The van der Waals surface area contributed by atoms with Gasteiger partial charge in [0, 0.05) is 20.3 Å². The van der Waals surface area contributed by atoms with Crippen LogP contribution in [-0.4, -0.2) is 11.2 Å². The third-order valence-electron chi connectivity index (χ3n) is 3.68. The number of para-hydroxylation sites is 1. The summed E-state index contributed by atoms with van der Waals surface area (Å²) in [5.74, 6) is 0. The third-order valence-corrected chi connectivity index (χ3v) is 5.10. The molecule has 2 heterocycles. The van der Waals surface area contributed by atoms with Gasteiger partial charge < -0.3 is 4.42 Å². The lowest BCUT2D eigenvalue weighted by Gasteiger charge is -1.99. The highest BCUT2D eigenvalue weighted by molar-refractivity contribution is 9.10. The molecule has 5 nitrogen and oxygen atoms in total. The minimum atomic E-state index is -0.419. The van der Waals surface area contributed by atoms with Crippen molar-refractivity contribution in [2.75, 3.05) is 5.43 Å². The fourth-order valence-corrected chi connectivity index (χ4v) is 4.05. The average molecular weight is 461 g/mol. The van der Waals surface area contributed by atoms with Crippen molar-refractivity contribution in [3.8, 4) is 11.3 Å². The zero-order chi connectivity index (χ0) is 18.8. The second kappa shape index (κ2) is 7.64. The minimum absolute atomic E-state index is 0.417. The molecular formula is C19H11BrClN3O2S. The molecule has 2 aromatic heterocycles. The minimum Gasteiger partial charge on any atom is -0.422 e. The summed E-state index contributed by atoms with van der Waals surface area (Å²) in [4.78, 5) is 16.6. The summed E-state index contributed by atoms with van der Waals surface area (Å²) >= 11 is 10.7. The highest BCUT2D eigenvalue weighted by Crippen LogP contribution is 2.25. The van der Waals surface area contributed by atoms with E-state index in [0.29, 0.717) is 27.0 Å². The van der Waals surface area contributed by atoms with Crippen LogP contribution in [0.3, 0.4) is 0 Å². The molecule has 0 atom stereocenters. The number of nitrogens with one attached hydrogen (secondary N) is 1. The summed E-state index contributed by atoms with van der Waals surface area (Å²) in [6, 6.07) is 14.6. The number of hydrogen-bond acceptors (Lipinski definition) is 6. The molecule has 8 heteroatoms. The Labute approximate surface area is 171 Å². The SMILES string of the molecule is O=c1oc2ccccc2cc1-c1csc(N/N=C/c2cc(Cl)cc(Br)c2)n1. The molecule has 1 N–H and O–H groups in total. The Morgan fingerprint density at radius 2 is 2.07 bits per heavy atom. The summed E-state index contributed by atoms with van der Waals surface area (Å²) in [5.41, 5.74) is 4.80. The van der Waals surface area contributed by atoms with E-state index in [-0.39, 0.29) is 0 Å².